The predicted octanol–water partition coefficient (Wildman–Crippen LogP) is 8.65. The second kappa shape index (κ2) is 50.8. The number of hydrogen-bond acceptors (Lipinski definition) is 2. The zero-order valence-electron chi connectivity index (χ0n) is 19.5. The summed E-state index contributed by atoms with van der Waals surface area (Å²) in [5, 5.41) is 0. The van der Waals surface area contributed by atoms with E-state index in [4.69, 9.17) is 25.3 Å². The maximum absolute atomic E-state index is 4.87. The molecule has 164 valence electrons. The Kier molecular flexibility index (Phi) is 73.4. The Hall–Kier alpha value is 1.50. The Balaban J connectivity index is -0.0000000975. The maximum Gasteiger partial charge on any atom is 2.00 e. The summed E-state index contributed by atoms with van der Waals surface area (Å²) in [6.07, 6.45) is 22.2. The fourth-order valence-corrected chi connectivity index (χ4v) is 2.88. The molecular weight excluding hydrogens is 471 g/mol. The molecule has 0 saturated heterocycles. The fraction of sp³-hybridized carbons (Fsp3) is 0.917. The van der Waals surface area contributed by atoms with Gasteiger partial charge in [0.05, 0.1) is 0 Å². The van der Waals surface area contributed by atoms with Crippen LogP contribution < -0.4 is 0 Å². The van der Waals surface area contributed by atoms with E-state index in [0.29, 0.717) is 0 Å². The number of rotatable bonds is 16. The van der Waals surface area contributed by atoms with Gasteiger partial charge in [-0.15, -0.1) is 0 Å². The van der Waals surface area contributed by atoms with E-state index in [0.717, 1.165) is 11.5 Å². The number of hydrogen-bond donors (Lipinski definition) is 0. The minimum atomic E-state index is 0. The van der Waals surface area contributed by atoms with E-state index in [1.54, 1.807) is 13.8 Å². The molecule has 0 aromatic rings. The van der Waals surface area contributed by atoms with Gasteiger partial charge in [-0.25, -0.2) is 0 Å². The molecule has 27 heavy (non-hydrogen) atoms. The van der Waals surface area contributed by atoms with Crippen LogP contribution in [0.3, 0.4) is 0 Å². The normalized spacial score (nSPS) is 8.89. The molecule has 0 aliphatic carbocycles. The van der Waals surface area contributed by atoms with Crippen LogP contribution in [0.5, 0.6) is 0 Å². The monoisotopic (exact) mass is 524 g/mol. The molecule has 4 radical (unpaired) electrons. The zero-order chi connectivity index (χ0) is 20.7. The van der Waals surface area contributed by atoms with E-state index in [1.807, 2.05) is 0 Å². The van der Waals surface area contributed by atoms with Gasteiger partial charge in [0.1, 0.15) is 0 Å². The summed E-state index contributed by atoms with van der Waals surface area (Å²) in [7, 11) is 0. The first-order chi connectivity index (χ1) is 12.8. The van der Waals surface area contributed by atoms with Crippen LogP contribution in [0.2, 0.25) is 0 Å². The maximum atomic E-state index is 4.87. The molecule has 0 unspecified atom stereocenters. The van der Waals surface area contributed by atoms with Gasteiger partial charge in [0.25, 0.3) is 0 Å². The molecule has 0 atom stereocenters. The van der Waals surface area contributed by atoms with Gasteiger partial charge in [-0.1, -0.05) is 144 Å². The Bertz CT molecular complexity index is 132. The molecule has 0 aliphatic heterocycles. The topological polar surface area (TPSA) is 0 Å². The van der Waals surface area contributed by atoms with E-state index in [1.165, 1.54) is 103 Å². The van der Waals surface area contributed by atoms with E-state index in [2.05, 4.69) is 27.7 Å². The second-order valence-corrected chi connectivity index (χ2v) is 7.17. The minimum Gasteiger partial charge on any atom is -0.793 e. The molecule has 0 rings (SSSR count). The zero-order valence-corrected chi connectivity index (χ0v) is 23.9. The summed E-state index contributed by atoms with van der Waals surface area (Å²) in [5.74, 6) is 1.91. The molecule has 0 bridgehead atoms. The van der Waals surface area contributed by atoms with Crippen molar-refractivity contribution in [2.24, 2.45) is 0 Å². The van der Waals surface area contributed by atoms with Crippen LogP contribution >= 0.6 is 0 Å². The number of unbranched alkanes of at least 4 members (excludes halogenated alkanes) is 14. The van der Waals surface area contributed by atoms with Crippen molar-refractivity contribution in [2.45, 2.75) is 130 Å². The SMILES string of the molecule is CCCCCCCCCC[S-].CCCCCCCCCC[S-].[CH2]C.[CH2]C.[Sn+2]. The first-order valence-corrected chi connectivity index (χ1v) is 12.6. The third kappa shape index (κ3) is 58.4. The third-order valence-corrected chi connectivity index (χ3v) is 4.57. The van der Waals surface area contributed by atoms with Gasteiger partial charge in [0.15, 0.2) is 0 Å². The molecule has 0 heterocycles. The van der Waals surface area contributed by atoms with E-state index >= 15 is 0 Å². The molecule has 0 aromatic carbocycles. The molecule has 0 amide bonds. The van der Waals surface area contributed by atoms with Crippen LogP contribution in [0.15, 0.2) is 0 Å². The van der Waals surface area contributed by atoms with Crippen molar-refractivity contribution in [2.75, 3.05) is 11.5 Å². The van der Waals surface area contributed by atoms with E-state index in [-0.39, 0.29) is 23.9 Å². The standard InChI is InChI=1S/2C10H22S.2C2H5.Sn/c2*1-2-3-4-5-6-7-8-9-10-11;2*1-2;/h2*11H,2-10H2,1H3;2*1H2,2H3;/q;;;;+2/p-2. The molecule has 0 aromatic heterocycles. The molecule has 0 aliphatic rings. The fourth-order valence-electron chi connectivity index (χ4n) is 2.47. The predicted molar refractivity (Wildman–Crippen MR) is 138 cm³/mol. The van der Waals surface area contributed by atoms with Crippen molar-refractivity contribution in [3.63, 3.8) is 0 Å². The van der Waals surface area contributed by atoms with Crippen LogP contribution in [0.25, 0.3) is 0 Å². The largest absolute Gasteiger partial charge is 2.00 e. The van der Waals surface area contributed by atoms with Crippen LogP contribution in [0.1, 0.15) is 130 Å². The second-order valence-electron chi connectivity index (χ2n) is 6.36. The van der Waals surface area contributed by atoms with Crippen LogP contribution in [-0.4, -0.2) is 35.4 Å². The van der Waals surface area contributed by atoms with Gasteiger partial charge in [-0.3, -0.25) is 0 Å². The first kappa shape index (κ1) is 39.0. The van der Waals surface area contributed by atoms with Gasteiger partial charge in [-0.2, -0.15) is 11.5 Å². The average molecular weight is 524 g/mol. The summed E-state index contributed by atoms with van der Waals surface area (Å²) in [4.78, 5) is 0. The smallest absolute Gasteiger partial charge is 0.793 e. The molecule has 0 N–H and O–H groups in total. The van der Waals surface area contributed by atoms with E-state index in [9.17, 15) is 0 Å². The minimum absolute atomic E-state index is 0. The summed E-state index contributed by atoms with van der Waals surface area (Å²) >= 11 is 9.74. The van der Waals surface area contributed by atoms with Crippen molar-refractivity contribution >= 4 is 49.2 Å². The van der Waals surface area contributed by atoms with Crippen LogP contribution in [0, 0.1) is 13.8 Å². The van der Waals surface area contributed by atoms with Gasteiger partial charge in [0.2, 0.25) is 0 Å². The van der Waals surface area contributed by atoms with Crippen molar-refractivity contribution in [3.8, 4) is 0 Å². The van der Waals surface area contributed by atoms with Crippen molar-refractivity contribution < 1.29 is 0 Å². The van der Waals surface area contributed by atoms with Gasteiger partial charge < -0.3 is 25.3 Å². The van der Waals surface area contributed by atoms with Crippen molar-refractivity contribution in [1.82, 2.24) is 0 Å². The summed E-state index contributed by atoms with van der Waals surface area (Å²) in [5.41, 5.74) is 0. The van der Waals surface area contributed by atoms with Gasteiger partial charge in [-0.05, 0) is 0 Å². The van der Waals surface area contributed by atoms with E-state index < -0.39 is 0 Å². The Morgan fingerprint density at radius 3 is 0.778 bits per heavy atom. The Morgan fingerprint density at radius 2 is 0.593 bits per heavy atom. The first-order valence-electron chi connectivity index (χ1n) is 11.4. The summed E-state index contributed by atoms with van der Waals surface area (Å²) in [6.45, 7) is 14.5. The summed E-state index contributed by atoms with van der Waals surface area (Å²) < 4.78 is 0. The Labute approximate surface area is 204 Å². The van der Waals surface area contributed by atoms with Crippen LogP contribution in [0.4, 0.5) is 0 Å². The third-order valence-electron chi connectivity index (χ3n) is 4.00. The molecular formula is C24H52S2Sn. The molecule has 0 saturated carbocycles. The van der Waals surface area contributed by atoms with Gasteiger partial charge >= 0.3 is 23.9 Å². The quantitative estimate of drug-likeness (QED) is 0.113. The molecule has 0 spiro atoms. The molecule has 0 fully saturated rings. The Morgan fingerprint density at radius 1 is 0.407 bits per heavy atom. The van der Waals surface area contributed by atoms with Crippen LogP contribution in [-0.2, 0) is 25.3 Å². The molecule has 0 nitrogen and oxygen atoms in total. The average Bonchev–Trinajstić information content (AvgIpc) is 2.70. The summed E-state index contributed by atoms with van der Waals surface area (Å²) in [6, 6.07) is 0. The van der Waals surface area contributed by atoms with Gasteiger partial charge in [0, 0.05) is 0 Å². The van der Waals surface area contributed by atoms with Crippen molar-refractivity contribution in [3.05, 3.63) is 13.8 Å². The van der Waals surface area contributed by atoms with Crippen molar-refractivity contribution in [1.29, 1.82) is 0 Å². The molecule has 3 heteroatoms.